The molecule has 6 rings (SSSR count). The zero-order valence-electron chi connectivity index (χ0n) is 13.0. The van der Waals surface area contributed by atoms with Crippen LogP contribution in [0.5, 0.6) is 0 Å². The molecular formula is C17H18FN3OS. The number of rotatable bonds is 1. The van der Waals surface area contributed by atoms with Gasteiger partial charge in [0.25, 0.3) is 0 Å². The number of halogens is 1. The number of likely N-dealkylation sites (N-methyl/N-ethyl adjacent to an activating group) is 1. The van der Waals surface area contributed by atoms with E-state index in [1.807, 2.05) is 12.1 Å². The minimum Gasteiger partial charge on any atom is -0.363 e. The summed E-state index contributed by atoms with van der Waals surface area (Å²) in [6.45, 7) is 3.25. The van der Waals surface area contributed by atoms with Gasteiger partial charge in [0.2, 0.25) is 5.72 Å². The summed E-state index contributed by atoms with van der Waals surface area (Å²) in [6, 6.07) is 6.94. The van der Waals surface area contributed by atoms with Crippen LogP contribution in [-0.2, 0) is 4.84 Å². The van der Waals surface area contributed by atoms with Crippen molar-refractivity contribution >= 4 is 27.3 Å². The molecule has 4 aliphatic heterocycles. The van der Waals surface area contributed by atoms with E-state index < -0.39 is 0 Å². The van der Waals surface area contributed by atoms with Crippen LogP contribution in [-0.4, -0.2) is 48.0 Å². The Labute approximate surface area is 138 Å². The van der Waals surface area contributed by atoms with Gasteiger partial charge >= 0.3 is 0 Å². The maximum Gasteiger partial charge on any atom is 0.226 e. The molecule has 0 aliphatic carbocycles. The third-order valence-electron chi connectivity index (χ3n) is 5.55. The predicted octanol–water partition coefficient (Wildman–Crippen LogP) is 3.09. The van der Waals surface area contributed by atoms with Crippen LogP contribution in [0.15, 0.2) is 29.4 Å². The molecule has 4 nitrogen and oxygen atoms in total. The molecule has 3 saturated heterocycles. The van der Waals surface area contributed by atoms with Crippen molar-refractivity contribution in [2.24, 2.45) is 11.1 Å². The first kappa shape index (κ1) is 13.7. The second kappa shape index (κ2) is 4.68. The summed E-state index contributed by atoms with van der Waals surface area (Å²) in [5.74, 6) is 1.21. The summed E-state index contributed by atoms with van der Waals surface area (Å²) < 4.78 is 14.5. The topological polar surface area (TPSA) is 28.1 Å². The highest BCUT2D eigenvalue weighted by Crippen LogP contribution is 2.44. The van der Waals surface area contributed by atoms with Crippen LogP contribution in [0.25, 0.3) is 10.1 Å². The number of benzene rings is 1. The Morgan fingerprint density at radius 2 is 2.13 bits per heavy atom. The van der Waals surface area contributed by atoms with Gasteiger partial charge in [0, 0.05) is 17.7 Å². The van der Waals surface area contributed by atoms with Crippen molar-refractivity contribution in [2.45, 2.75) is 18.6 Å². The fourth-order valence-electron chi connectivity index (χ4n) is 4.23. The van der Waals surface area contributed by atoms with E-state index in [-0.39, 0.29) is 11.5 Å². The second-order valence-corrected chi connectivity index (χ2v) is 7.84. The van der Waals surface area contributed by atoms with Gasteiger partial charge in [-0.3, -0.25) is 4.90 Å². The Bertz CT molecular complexity index is 811. The summed E-state index contributed by atoms with van der Waals surface area (Å²) >= 11 is 1.64. The van der Waals surface area contributed by atoms with Crippen molar-refractivity contribution in [1.82, 2.24) is 9.80 Å². The van der Waals surface area contributed by atoms with Crippen LogP contribution in [0.3, 0.4) is 0 Å². The molecule has 4 aliphatic rings. The van der Waals surface area contributed by atoms with Crippen molar-refractivity contribution in [3.8, 4) is 0 Å². The van der Waals surface area contributed by atoms with Crippen molar-refractivity contribution in [1.29, 1.82) is 0 Å². The smallest absolute Gasteiger partial charge is 0.226 e. The molecule has 6 heteroatoms. The quantitative estimate of drug-likeness (QED) is 0.804. The fraction of sp³-hybridized carbons (Fsp3) is 0.471. The highest BCUT2D eigenvalue weighted by atomic mass is 32.1. The first-order valence-electron chi connectivity index (χ1n) is 8.07. The predicted molar refractivity (Wildman–Crippen MR) is 89.1 cm³/mol. The minimum atomic E-state index is -0.312. The largest absolute Gasteiger partial charge is 0.363 e. The molecule has 5 heterocycles. The Morgan fingerprint density at radius 1 is 1.30 bits per heavy atom. The van der Waals surface area contributed by atoms with Gasteiger partial charge in [-0.05, 0) is 55.6 Å². The van der Waals surface area contributed by atoms with Crippen molar-refractivity contribution in [3.05, 3.63) is 35.0 Å². The van der Waals surface area contributed by atoms with Gasteiger partial charge in [0.15, 0.2) is 5.84 Å². The molecule has 0 radical (unpaired) electrons. The molecular weight excluding hydrogens is 313 g/mol. The Hall–Kier alpha value is -1.66. The van der Waals surface area contributed by atoms with Gasteiger partial charge in [-0.2, -0.15) is 0 Å². The lowest BCUT2D eigenvalue weighted by Crippen LogP contribution is -2.65. The SMILES string of the molecule is CN1C(c2cc3cc(F)ccc3s2)=NOC12CN1CCC2CC1. The number of thiophene rings is 1. The van der Waals surface area contributed by atoms with E-state index in [2.05, 4.69) is 22.0 Å². The fourth-order valence-corrected chi connectivity index (χ4v) is 5.29. The number of hydrogen-bond donors (Lipinski definition) is 0. The standard InChI is InChI=1S/C17H18FN3OS/c1-20-16(15-9-11-8-13(18)2-3-14(11)23-15)19-22-17(20)10-21-6-4-12(17)5-7-21/h2-3,8-9,12H,4-7,10H2,1H3. The number of fused-ring (bicyclic) bond motifs is 3. The van der Waals surface area contributed by atoms with E-state index in [1.165, 1.54) is 32.0 Å². The van der Waals surface area contributed by atoms with E-state index in [1.54, 1.807) is 17.4 Å². The summed E-state index contributed by atoms with van der Waals surface area (Å²) in [5, 5.41) is 5.36. The molecule has 0 amide bonds. The molecule has 1 aromatic heterocycles. The molecule has 1 spiro atoms. The van der Waals surface area contributed by atoms with E-state index in [0.29, 0.717) is 5.92 Å². The van der Waals surface area contributed by atoms with Crippen LogP contribution in [0.1, 0.15) is 17.7 Å². The molecule has 0 saturated carbocycles. The first-order chi connectivity index (χ1) is 11.2. The lowest BCUT2D eigenvalue weighted by Gasteiger charge is -2.52. The number of nitrogens with zero attached hydrogens (tertiary/aromatic N) is 3. The maximum absolute atomic E-state index is 13.4. The zero-order chi connectivity index (χ0) is 15.6. The lowest BCUT2D eigenvalue weighted by atomic mass is 9.80. The van der Waals surface area contributed by atoms with Crippen LogP contribution in [0.4, 0.5) is 4.39 Å². The Morgan fingerprint density at radius 3 is 2.87 bits per heavy atom. The molecule has 2 bridgehead atoms. The van der Waals surface area contributed by atoms with Gasteiger partial charge in [-0.25, -0.2) is 4.39 Å². The molecule has 2 aromatic rings. The van der Waals surface area contributed by atoms with E-state index >= 15 is 0 Å². The van der Waals surface area contributed by atoms with E-state index in [4.69, 9.17) is 4.84 Å². The minimum absolute atomic E-state index is 0.200. The average molecular weight is 331 g/mol. The molecule has 3 fully saturated rings. The third-order valence-corrected chi connectivity index (χ3v) is 6.66. The Kier molecular flexibility index (Phi) is 2.79. The van der Waals surface area contributed by atoms with Crippen LogP contribution < -0.4 is 0 Å². The van der Waals surface area contributed by atoms with Crippen molar-refractivity contribution in [3.63, 3.8) is 0 Å². The first-order valence-corrected chi connectivity index (χ1v) is 8.89. The van der Waals surface area contributed by atoms with Gasteiger partial charge in [-0.1, -0.05) is 5.16 Å². The van der Waals surface area contributed by atoms with Crippen molar-refractivity contribution in [2.75, 3.05) is 26.7 Å². The van der Waals surface area contributed by atoms with Gasteiger partial charge in [0.1, 0.15) is 5.82 Å². The third kappa shape index (κ3) is 1.88. The van der Waals surface area contributed by atoms with Gasteiger partial charge in [0.05, 0.1) is 11.4 Å². The van der Waals surface area contributed by atoms with Crippen LogP contribution in [0, 0.1) is 11.7 Å². The monoisotopic (exact) mass is 331 g/mol. The summed E-state index contributed by atoms with van der Waals surface area (Å²) in [7, 11) is 2.08. The van der Waals surface area contributed by atoms with Crippen molar-refractivity contribution < 1.29 is 9.23 Å². The van der Waals surface area contributed by atoms with E-state index in [0.717, 1.165) is 27.3 Å². The number of piperidine rings is 3. The molecule has 1 atom stereocenters. The van der Waals surface area contributed by atoms with Crippen LogP contribution in [0.2, 0.25) is 0 Å². The Balaban J connectivity index is 1.51. The van der Waals surface area contributed by atoms with Gasteiger partial charge in [-0.15, -0.1) is 11.3 Å². The van der Waals surface area contributed by atoms with E-state index in [9.17, 15) is 4.39 Å². The molecule has 120 valence electrons. The summed E-state index contributed by atoms with van der Waals surface area (Å²) in [5.41, 5.74) is -0.312. The second-order valence-electron chi connectivity index (χ2n) is 6.75. The number of amidine groups is 1. The average Bonchev–Trinajstić information content (AvgIpc) is 3.11. The maximum atomic E-state index is 13.4. The highest BCUT2D eigenvalue weighted by molar-refractivity contribution is 7.20. The zero-order valence-corrected chi connectivity index (χ0v) is 13.8. The molecule has 1 aromatic carbocycles. The summed E-state index contributed by atoms with van der Waals surface area (Å²) in [4.78, 5) is 11.7. The molecule has 0 N–H and O–H groups in total. The number of hydrogen-bond acceptors (Lipinski definition) is 5. The van der Waals surface area contributed by atoms with Crippen LogP contribution >= 0.6 is 11.3 Å². The normalized spacial score (nSPS) is 32.6. The highest BCUT2D eigenvalue weighted by Gasteiger charge is 2.56. The molecule has 1 unspecified atom stereocenters. The summed E-state index contributed by atoms with van der Waals surface area (Å²) in [6.07, 6.45) is 2.34. The lowest BCUT2D eigenvalue weighted by molar-refractivity contribution is -0.190. The molecule has 23 heavy (non-hydrogen) atoms. The van der Waals surface area contributed by atoms with Gasteiger partial charge < -0.3 is 9.74 Å². The number of oxime groups is 1.